The molecule has 18 nitrogen and oxygen atoms in total. The average Bonchev–Trinajstić information content (AvgIpc) is 4.24. The maximum Gasteiger partial charge on any atom is 0.296 e. The van der Waals surface area contributed by atoms with Crippen molar-refractivity contribution in [1.82, 2.24) is 52.1 Å². The molecule has 6 aliphatic carbocycles. The summed E-state index contributed by atoms with van der Waals surface area (Å²) in [6, 6.07) is 25.7. The molecule has 3 N–H and O–H groups in total. The summed E-state index contributed by atoms with van der Waals surface area (Å²) >= 11 is 0. The van der Waals surface area contributed by atoms with Crippen LogP contribution in [0.1, 0.15) is 99.8 Å². The Hall–Kier alpha value is -7.03. The van der Waals surface area contributed by atoms with Crippen molar-refractivity contribution in [2.24, 2.45) is 5.73 Å². The van der Waals surface area contributed by atoms with Gasteiger partial charge in [-0.2, -0.15) is 4.98 Å². The number of fused-ring (bicyclic) bond motifs is 13. The van der Waals surface area contributed by atoms with Crippen molar-refractivity contribution in [1.29, 1.82) is 0 Å². The number of aromatic nitrogens is 11. The Morgan fingerprint density at radius 1 is 0.563 bits per heavy atom. The van der Waals surface area contributed by atoms with E-state index in [1.807, 2.05) is 46.9 Å². The summed E-state index contributed by atoms with van der Waals surface area (Å²) in [5.41, 5.74) is 13.2. The fourth-order valence-electron chi connectivity index (χ4n) is 12.0. The zero-order valence-electron chi connectivity index (χ0n) is 39.2. The first-order chi connectivity index (χ1) is 34.2. The summed E-state index contributed by atoms with van der Waals surface area (Å²) in [4.78, 5) is 14.1. The lowest BCUT2D eigenvalue weighted by Gasteiger charge is -2.52. The van der Waals surface area contributed by atoms with Crippen LogP contribution in [-0.2, 0) is 30.9 Å². The van der Waals surface area contributed by atoms with Gasteiger partial charge in [0.15, 0.2) is 28.2 Å². The summed E-state index contributed by atoms with van der Waals surface area (Å²) in [7, 11) is -7.58. The van der Waals surface area contributed by atoms with Crippen LogP contribution in [0.15, 0.2) is 124 Å². The zero-order valence-corrected chi connectivity index (χ0v) is 40.9. The number of benzene rings is 3. The maximum absolute atomic E-state index is 13.5. The van der Waals surface area contributed by atoms with E-state index >= 15 is 0 Å². The van der Waals surface area contributed by atoms with Gasteiger partial charge < -0.3 is 15.5 Å². The quantitative estimate of drug-likeness (QED) is 0.146. The van der Waals surface area contributed by atoms with Crippen LogP contribution in [0.4, 0.5) is 6.01 Å². The lowest BCUT2D eigenvalue weighted by Crippen LogP contribution is -2.54. The normalized spacial score (nSPS) is 24.3. The minimum atomic E-state index is -3.81. The molecule has 3 aromatic carbocycles. The first-order valence-electron chi connectivity index (χ1n) is 24.2. The molecule has 0 saturated heterocycles. The van der Waals surface area contributed by atoms with Gasteiger partial charge in [0.2, 0.25) is 0 Å². The van der Waals surface area contributed by atoms with Crippen molar-refractivity contribution in [3.05, 3.63) is 132 Å². The predicted molar refractivity (Wildman–Crippen MR) is 266 cm³/mol. The Morgan fingerprint density at radius 2 is 1.01 bits per heavy atom. The van der Waals surface area contributed by atoms with E-state index in [0.29, 0.717) is 39.6 Å². The number of aryl methyl sites for hydroxylation is 2. The fourth-order valence-corrected chi connectivity index (χ4v) is 14.6. The highest BCUT2D eigenvalue weighted by Crippen LogP contribution is 2.55. The van der Waals surface area contributed by atoms with Crippen LogP contribution < -0.4 is 11.1 Å². The Kier molecular flexibility index (Phi) is 9.58. The first kappa shape index (κ1) is 44.0. The van der Waals surface area contributed by atoms with E-state index in [9.17, 15) is 16.8 Å². The summed E-state index contributed by atoms with van der Waals surface area (Å²) < 4.78 is 66.1. The van der Waals surface area contributed by atoms with E-state index in [4.69, 9.17) is 10.2 Å². The first-order valence-corrected chi connectivity index (χ1v) is 27.1. The van der Waals surface area contributed by atoms with Gasteiger partial charge in [-0.05, 0) is 139 Å². The van der Waals surface area contributed by atoms with Crippen LogP contribution in [0.2, 0.25) is 0 Å². The van der Waals surface area contributed by atoms with Gasteiger partial charge in [-0.25, -0.2) is 34.7 Å². The molecule has 16 rings (SSSR count). The van der Waals surface area contributed by atoms with Gasteiger partial charge in [0, 0.05) is 34.3 Å². The topological polar surface area (TPSA) is 228 Å². The molecule has 7 aromatic heterocycles. The molecule has 71 heavy (non-hydrogen) atoms. The van der Waals surface area contributed by atoms with Crippen LogP contribution in [0.25, 0.3) is 44.7 Å². The van der Waals surface area contributed by atoms with E-state index in [-0.39, 0.29) is 31.7 Å². The molecule has 0 aliphatic heterocycles. The zero-order chi connectivity index (χ0) is 48.5. The number of nitrogens with two attached hydrogens (primary N) is 1. The van der Waals surface area contributed by atoms with Gasteiger partial charge in [-0.3, -0.25) is 8.80 Å². The van der Waals surface area contributed by atoms with Crippen LogP contribution in [0, 0.1) is 13.8 Å². The molecule has 6 fully saturated rings. The largest absolute Gasteiger partial charge is 0.424 e. The molecular formula is C51H51N13O5S2. The molecule has 362 valence electrons. The van der Waals surface area contributed by atoms with Crippen LogP contribution in [0.5, 0.6) is 0 Å². The van der Waals surface area contributed by atoms with Crippen LogP contribution >= 0.6 is 0 Å². The molecule has 0 amide bonds. The molecule has 7 heterocycles. The Bertz CT molecular complexity index is 3900. The van der Waals surface area contributed by atoms with E-state index in [0.717, 1.165) is 111 Å². The Labute approximate surface area is 408 Å². The fraction of sp³-hybridized carbons (Fsp3) is 0.353. The minimum Gasteiger partial charge on any atom is -0.424 e. The second-order valence-electron chi connectivity index (χ2n) is 20.5. The second kappa shape index (κ2) is 15.5. The average molecular weight is 990 g/mol. The van der Waals surface area contributed by atoms with Crippen molar-refractivity contribution in [2.75, 3.05) is 5.32 Å². The van der Waals surface area contributed by atoms with E-state index in [1.54, 1.807) is 85.5 Å². The number of oxazole rings is 1. The molecule has 0 radical (unpaired) electrons. The van der Waals surface area contributed by atoms with Crippen molar-refractivity contribution in [2.45, 2.75) is 123 Å². The van der Waals surface area contributed by atoms with Crippen LogP contribution in [-0.4, -0.2) is 80.0 Å². The van der Waals surface area contributed by atoms with Crippen molar-refractivity contribution in [3.8, 4) is 0 Å². The molecular weight excluding hydrogens is 939 g/mol. The number of hydrogen-bond donors (Lipinski definition) is 2. The summed E-state index contributed by atoms with van der Waals surface area (Å²) in [6.45, 7) is 3.86. The third-order valence-electron chi connectivity index (χ3n) is 16.4. The molecule has 10 aromatic rings. The molecule has 0 unspecified atom stereocenters. The number of nitrogens with zero attached hydrogens (tertiary/aromatic N) is 11. The van der Waals surface area contributed by atoms with Gasteiger partial charge in [-0.1, -0.05) is 47.5 Å². The van der Waals surface area contributed by atoms with E-state index < -0.39 is 20.0 Å². The van der Waals surface area contributed by atoms with Gasteiger partial charge in [0.25, 0.3) is 26.1 Å². The Morgan fingerprint density at radius 3 is 1.48 bits per heavy atom. The molecule has 0 atom stereocenters. The molecule has 0 spiro atoms. The van der Waals surface area contributed by atoms with Gasteiger partial charge >= 0.3 is 0 Å². The SMILES string of the molecule is Cc1ccc(S(=O)(=O)n2ccc3c2ncc2nnc(C45CCC(N)(CC4)CC5)n23)cc1.Cc1ccc(S(=O)(=O)n2ccc3c2ncc2nnc(C45CCC(Nc6nc7ccccc7o6)(CC4)CC5)n23)cc1. The summed E-state index contributed by atoms with van der Waals surface area (Å²) in [6.07, 6.45) is 17.9. The van der Waals surface area contributed by atoms with Crippen molar-refractivity contribution >= 4 is 70.8 Å². The molecule has 20 heteroatoms. The van der Waals surface area contributed by atoms with Gasteiger partial charge in [-0.15, -0.1) is 20.4 Å². The van der Waals surface area contributed by atoms with Gasteiger partial charge in [0.1, 0.15) is 17.2 Å². The third kappa shape index (κ3) is 6.84. The smallest absolute Gasteiger partial charge is 0.296 e. The lowest BCUT2D eigenvalue weighted by molar-refractivity contribution is 0.100. The minimum absolute atomic E-state index is 0.0371. The number of para-hydroxylation sites is 2. The van der Waals surface area contributed by atoms with Crippen molar-refractivity contribution in [3.63, 3.8) is 0 Å². The number of hydrogen-bond acceptors (Lipinski definition) is 14. The van der Waals surface area contributed by atoms with E-state index in [1.165, 1.54) is 7.94 Å². The highest BCUT2D eigenvalue weighted by molar-refractivity contribution is 7.90. The number of anilines is 1. The second-order valence-corrected chi connectivity index (χ2v) is 24.2. The van der Waals surface area contributed by atoms with E-state index in [2.05, 4.69) is 40.7 Å². The van der Waals surface area contributed by atoms with Crippen LogP contribution in [0.3, 0.4) is 0 Å². The highest BCUT2D eigenvalue weighted by atomic mass is 32.2. The third-order valence-corrected chi connectivity index (χ3v) is 19.8. The summed E-state index contributed by atoms with van der Waals surface area (Å²) in [5.74, 6) is 1.79. The maximum atomic E-state index is 13.5. The highest BCUT2D eigenvalue weighted by Gasteiger charge is 2.53. The monoisotopic (exact) mass is 989 g/mol. The molecule has 6 saturated carbocycles. The molecule has 6 aliphatic rings. The van der Waals surface area contributed by atoms with Gasteiger partial charge in [0.05, 0.1) is 33.2 Å². The number of rotatable bonds is 8. The standard InChI is InChI=1S/C29H27N7O3S.C22H24N6O2S/c1-19-6-8-20(9-7-19)40(37,38)35-17-10-22-25(35)30-18-24-33-34-26(36(22)24)28-11-14-29(15-12-28,16-13-28)32-27-31-21-4-2-3-5-23(21)39-27;1-15-2-4-16(5-3-15)31(29,30)27-13-6-17-19(27)24-14-18-25-26-20(28(17)18)21-7-10-22(23,11-8-21)12-9-21/h2-10,17-18H,11-16H2,1H3,(H,31,32);2-6,13-14H,7-12,23H2,1H3. The predicted octanol–water partition coefficient (Wildman–Crippen LogP) is 8.15. The Balaban J connectivity index is 0.000000143. The number of nitrogens with one attached hydrogen (secondary N) is 1. The molecule has 4 bridgehead atoms. The van der Waals surface area contributed by atoms with Crippen molar-refractivity contribution < 1.29 is 21.3 Å². The lowest BCUT2D eigenvalue weighted by atomic mass is 9.57. The summed E-state index contributed by atoms with van der Waals surface area (Å²) in [5, 5.41) is 21.7.